The summed E-state index contributed by atoms with van der Waals surface area (Å²) >= 11 is 0. The summed E-state index contributed by atoms with van der Waals surface area (Å²) in [5.74, 6) is -1.24. The van der Waals surface area contributed by atoms with Crippen LogP contribution in [0.3, 0.4) is 0 Å². The number of fused-ring (bicyclic) bond motifs is 1. The van der Waals surface area contributed by atoms with Crippen LogP contribution in [0.15, 0.2) is 36.4 Å². The third-order valence-electron chi connectivity index (χ3n) is 6.27. The quantitative estimate of drug-likeness (QED) is 0.633. The molecule has 2 aromatic carbocycles. The Balaban J connectivity index is 1.50. The van der Waals surface area contributed by atoms with Crippen molar-refractivity contribution in [2.24, 2.45) is 0 Å². The molecule has 1 unspecified atom stereocenters. The first-order valence-electron chi connectivity index (χ1n) is 10.6. The second-order valence-corrected chi connectivity index (χ2v) is 10.2. The highest BCUT2D eigenvalue weighted by molar-refractivity contribution is 7.86. The summed E-state index contributed by atoms with van der Waals surface area (Å²) in [6, 6.07) is 9.78. The molecule has 0 spiro atoms. The first-order valence-corrected chi connectivity index (χ1v) is 12.5. The van der Waals surface area contributed by atoms with Crippen LogP contribution in [-0.4, -0.2) is 56.0 Å². The van der Waals surface area contributed by atoms with Crippen LogP contribution in [0, 0.1) is 5.82 Å². The van der Waals surface area contributed by atoms with Crippen molar-refractivity contribution in [1.29, 1.82) is 0 Å². The number of benzene rings is 2. The molecule has 0 radical (unpaired) electrons. The number of phenolic OH excluding ortho intramolecular Hbond substituents is 1. The standard InChI is InChI=1S/C23H28FNO6S/c1-32(28,29)31-23(19-4-2-16-6-11-30-15-18(16)12-19)7-9-25(10-8-23)14-22(27)17-3-5-21(26)20(24)13-17/h2-5,12-13,22,26-27H,6-11,14-15H2,1H3. The summed E-state index contributed by atoms with van der Waals surface area (Å²) < 4.78 is 49.1. The Hall–Kier alpha value is -2.04. The predicted molar refractivity (Wildman–Crippen MR) is 116 cm³/mol. The molecule has 1 atom stereocenters. The van der Waals surface area contributed by atoms with Crippen LogP contribution in [0.25, 0.3) is 0 Å². The van der Waals surface area contributed by atoms with E-state index in [2.05, 4.69) is 0 Å². The van der Waals surface area contributed by atoms with E-state index in [0.717, 1.165) is 29.9 Å². The van der Waals surface area contributed by atoms with Gasteiger partial charge in [-0.25, -0.2) is 4.39 Å². The maximum atomic E-state index is 13.6. The van der Waals surface area contributed by atoms with Crippen molar-refractivity contribution < 1.29 is 31.9 Å². The van der Waals surface area contributed by atoms with Gasteiger partial charge in [-0.15, -0.1) is 0 Å². The third kappa shape index (κ3) is 5.13. The largest absolute Gasteiger partial charge is 0.505 e. The molecule has 4 rings (SSSR count). The molecule has 0 bridgehead atoms. The summed E-state index contributed by atoms with van der Waals surface area (Å²) in [6.45, 7) is 2.44. The number of aliphatic hydroxyl groups excluding tert-OH is 1. The van der Waals surface area contributed by atoms with Gasteiger partial charge in [0.15, 0.2) is 11.6 Å². The molecular weight excluding hydrogens is 437 g/mol. The number of piperidine rings is 1. The third-order valence-corrected chi connectivity index (χ3v) is 6.89. The number of β-amino-alcohol motifs (C(OH)–C–C–N with tert-alkyl or cyclic N) is 1. The van der Waals surface area contributed by atoms with Gasteiger partial charge in [-0.3, -0.25) is 4.18 Å². The van der Waals surface area contributed by atoms with Gasteiger partial charge in [-0.2, -0.15) is 8.42 Å². The maximum Gasteiger partial charge on any atom is 0.265 e. The number of aliphatic hydroxyl groups is 1. The van der Waals surface area contributed by atoms with E-state index in [0.29, 0.717) is 44.7 Å². The normalized spacial score (nSPS) is 20.0. The van der Waals surface area contributed by atoms with E-state index in [1.165, 1.54) is 17.7 Å². The lowest BCUT2D eigenvalue weighted by atomic mass is 9.82. The summed E-state index contributed by atoms with van der Waals surface area (Å²) in [7, 11) is -3.71. The average Bonchev–Trinajstić information content (AvgIpc) is 2.75. The number of likely N-dealkylation sites (tertiary alicyclic amines) is 1. The van der Waals surface area contributed by atoms with Gasteiger partial charge < -0.3 is 19.8 Å². The number of hydrogen-bond donors (Lipinski definition) is 2. The van der Waals surface area contributed by atoms with Crippen LogP contribution in [0.2, 0.25) is 0 Å². The second kappa shape index (κ2) is 9.07. The van der Waals surface area contributed by atoms with Gasteiger partial charge in [0, 0.05) is 19.6 Å². The van der Waals surface area contributed by atoms with Crippen molar-refractivity contribution in [3.63, 3.8) is 0 Å². The Morgan fingerprint density at radius 3 is 2.62 bits per heavy atom. The Morgan fingerprint density at radius 2 is 1.94 bits per heavy atom. The molecule has 0 amide bonds. The molecule has 0 aromatic heterocycles. The number of hydrogen-bond acceptors (Lipinski definition) is 7. The predicted octanol–water partition coefficient (Wildman–Crippen LogP) is 2.60. The fraction of sp³-hybridized carbons (Fsp3) is 0.478. The SMILES string of the molecule is CS(=O)(=O)OC1(c2ccc3c(c2)COCC3)CCN(CC(O)c2ccc(O)c(F)c2)CC1. The fourth-order valence-electron chi connectivity index (χ4n) is 4.54. The lowest BCUT2D eigenvalue weighted by Gasteiger charge is -2.42. The van der Waals surface area contributed by atoms with Crippen LogP contribution in [0.5, 0.6) is 5.75 Å². The highest BCUT2D eigenvalue weighted by Crippen LogP contribution is 2.40. The number of phenols is 1. The van der Waals surface area contributed by atoms with Crippen molar-refractivity contribution in [3.8, 4) is 5.75 Å². The Morgan fingerprint density at radius 1 is 1.19 bits per heavy atom. The lowest BCUT2D eigenvalue weighted by molar-refractivity contribution is -0.00920. The van der Waals surface area contributed by atoms with Crippen molar-refractivity contribution in [2.75, 3.05) is 32.5 Å². The van der Waals surface area contributed by atoms with Crippen molar-refractivity contribution in [1.82, 2.24) is 4.90 Å². The summed E-state index contributed by atoms with van der Waals surface area (Å²) in [6.07, 6.45) is 1.81. The molecule has 32 heavy (non-hydrogen) atoms. The molecule has 9 heteroatoms. The van der Waals surface area contributed by atoms with Crippen LogP contribution < -0.4 is 0 Å². The van der Waals surface area contributed by atoms with E-state index >= 15 is 0 Å². The highest BCUT2D eigenvalue weighted by Gasteiger charge is 2.41. The van der Waals surface area contributed by atoms with E-state index in [1.54, 1.807) is 0 Å². The van der Waals surface area contributed by atoms with E-state index in [-0.39, 0.29) is 6.54 Å². The smallest absolute Gasteiger partial charge is 0.265 e. The number of rotatable bonds is 6. The Bertz CT molecular complexity index is 1080. The van der Waals surface area contributed by atoms with E-state index in [9.17, 15) is 23.0 Å². The molecule has 0 aliphatic carbocycles. The zero-order valence-corrected chi connectivity index (χ0v) is 18.8. The minimum Gasteiger partial charge on any atom is -0.505 e. The van der Waals surface area contributed by atoms with E-state index in [1.807, 2.05) is 23.1 Å². The van der Waals surface area contributed by atoms with Crippen LogP contribution in [0.1, 0.15) is 41.2 Å². The summed E-state index contributed by atoms with van der Waals surface area (Å²) in [5.41, 5.74) is 2.47. The first-order chi connectivity index (χ1) is 15.2. The highest BCUT2D eigenvalue weighted by atomic mass is 32.2. The number of halogens is 1. The maximum absolute atomic E-state index is 13.6. The minimum atomic E-state index is -3.71. The Labute approximate surface area is 187 Å². The zero-order valence-electron chi connectivity index (χ0n) is 18.0. The van der Waals surface area contributed by atoms with Gasteiger partial charge in [0.25, 0.3) is 10.1 Å². The number of aromatic hydroxyl groups is 1. The topological polar surface area (TPSA) is 96.3 Å². The van der Waals surface area contributed by atoms with E-state index < -0.39 is 33.4 Å². The Kier molecular flexibility index (Phi) is 6.56. The van der Waals surface area contributed by atoms with Crippen molar-refractivity contribution >= 4 is 10.1 Å². The molecule has 2 heterocycles. The zero-order chi connectivity index (χ0) is 22.9. The lowest BCUT2D eigenvalue weighted by Crippen LogP contribution is -2.46. The molecule has 0 saturated carbocycles. The molecule has 1 fully saturated rings. The summed E-state index contributed by atoms with van der Waals surface area (Å²) in [4.78, 5) is 2.00. The summed E-state index contributed by atoms with van der Waals surface area (Å²) in [5, 5.41) is 19.9. The van der Waals surface area contributed by atoms with Gasteiger partial charge in [-0.1, -0.05) is 24.3 Å². The van der Waals surface area contributed by atoms with Gasteiger partial charge in [0.1, 0.15) is 5.60 Å². The van der Waals surface area contributed by atoms with Crippen LogP contribution in [0.4, 0.5) is 4.39 Å². The molecule has 2 aliphatic rings. The monoisotopic (exact) mass is 465 g/mol. The van der Waals surface area contributed by atoms with Crippen molar-refractivity contribution in [3.05, 3.63) is 64.5 Å². The van der Waals surface area contributed by atoms with Gasteiger partial charge in [0.2, 0.25) is 0 Å². The van der Waals surface area contributed by atoms with Gasteiger partial charge >= 0.3 is 0 Å². The second-order valence-electron chi connectivity index (χ2n) is 8.60. The first kappa shape index (κ1) is 23.1. The fourth-order valence-corrected chi connectivity index (χ4v) is 5.38. The van der Waals surface area contributed by atoms with Gasteiger partial charge in [-0.05, 0) is 53.6 Å². The van der Waals surface area contributed by atoms with E-state index in [4.69, 9.17) is 8.92 Å². The molecule has 2 aromatic rings. The van der Waals surface area contributed by atoms with Gasteiger partial charge in [0.05, 0.1) is 25.6 Å². The number of nitrogens with zero attached hydrogens (tertiary/aromatic N) is 1. The number of ether oxygens (including phenoxy) is 1. The molecule has 174 valence electrons. The molecule has 2 N–H and O–H groups in total. The van der Waals surface area contributed by atoms with Crippen LogP contribution in [-0.2, 0) is 37.7 Å². The van der Waals surface area contributed by atoms with Crippen LogP contribution >= 0.6 is 0 Å². The molecule has 1 saturated heterocycles. The molecule has 7 nitrogen and oxygen atoms in total. The average molecular weight is 466 g/mol. The van der Waals surface area contributed by atoms with Crippen molar-refractivity contribution in [2.45, 2.75) is 37.6 Å². The minimum absolute atomic E-state index is 0.261. The molecule has 2 aliphatic heterocycles. The molecular formula is C23H28FNO6S.